The van der Waals surface area contributed by atoms with E-state index in [1.807, 2.05) is 0 Å². The molecule has 3 rings (SSSR count). The van der Waals surface area contributed by atoms with Crippen LogP contribution in [0, 0.1) is 17.3 Å². The first-order valence-electron chi connectivity index (χ1n) is 10.8. The Labute approximate surface area is 205 Å². The largest absolute Gasteiger partial charge is 0.481 e. The maximum Gasteiger partial charge on any atom is 0.250 e. The maximum absolute atomic E-state index is 13.2. The Morgan fingerprint density at radius 3 is 2.31 bits per heavy atom. The van der Waals surface area contributed by atoms with Crippen molar-refractivity contribution in [3.05, 3.63) is 54.4 Å². The summed E-state index contributed by atoms with van der Waals surface area (Å²) >= 11 is 0. The first kappa shape index (κ1) is 26.6. The molecular weight excluding hydrogens is 494 g/mol. The number of ether oxygens (including phenoxy) is 1. The molecule has 2 N–H and O–H groups in total. The van der Waals surface area contributed by atoms with Gasteiger partial charge in [-0.3, -0.25) is 15.0 Å². The fraction of sp³-hybridized carbons (Fsp3) is 0.391. The second-order valence-electron chi connectivity index (χ2n) is 8.18. The predicted molar refractivity (Wildman–Crippen MR) is 127 cm³/mol. The molecule has 1 amide bonds. The summed E-state index contributed by atoms with van der Waals surface area (Å²) in [5.41, 5.74) is 0.657. The number of carbonyl (C=O) groups is 1. The van der Waals surface area contributed by atoms with E-state index >= 15 is 0 Å². The lowest BCUT2D eigenvalue weighted by atomic mass is 9.80. The molecule has 10 nitrogen and oxygen atoms in total. The van der Waals surface area contributed by atoms with Gasteiger partial charge < -0.3 is 4.74 Å². The molecule has 1 fully saturated rings. The summed E-state index contributed by atoms with van der Waals surface area (Å²) in [5.74, 6) is 4.21. The number of pyridine rings is 1. The monoisotopic (exact) mass is 521 g/mol. The van der Waals surface area contributed by atoms with Gasteiger partial charge in [0.15, 0.2) is 9.84 Å². The molecule has 0 radical (unpaired) electrons. The van der Waals surface area contributed by atoms with Crippen molar-refractivity contribution >= 4 is 25.8 Å². The molecule has 0 saturated carbocycles. The lowest BCUT2D eigenvalue weighted by Gasteiger charge is -2.39. The summed E-state index contributed by atoms with van der Waals surface area (Å²) < 4.78 is 58.7. The predicted octanol–water partition coefficient (Wildman–Crippen LogP) is 1.38. The Balaban J connectivity index is 1.74. The number of sulfone groups is 1. The number of nitrogens with zero attached hydrogens (tertiary/aromatic N) is 2. The van der Waals surface area contributed by atoms with Crippen molar-refractivity contribution in [2.45, 2.75) is 30.4 Å². The molecule has 0 bridgehead atoms. The zero-order valence-corrected chi connectivity index (χ0v) is 20.8. The summed E-state index contributed by atoms with van der Waals surface area (Å²) in [4.78, 5) is 16.5. The van der Waals surface area contributed by atoms with Gasteiger partial charge in [0.25, 0.3) is 5.91 Å². The second-order valence-corrected chi connectivity index (χ2v) is 12.1. The van der Waals surface area contributed by atoms with Crippen molar-refractivity contribution < 1.29 is 31.6 Å². The molecule has 0 unspecified atom stereocenters. The van der Waals surface area contributed by atoms with Crippen LogP contribution in [0.2, 0.25) is 0 Å². The summed E-state index contributed by atoms with van der Waals surface area (Å²) in [6.07, 6.45) is 2.87. The third-order valence-corrected chi connectivity index (χ3v) is 9.66. The highest BCUT2D eigenvalue weighted by Gasteiger charge is 2.46. The van der Waals surface area contributed by atoms with Gasteiger partial charge in [0.1, 0.15) is 12.4 Å². The number of aromatic nitrogens is 1. The first-order valence-corrected chi connectivity index (χ1v) is 14.0. The van der Waals surface area contributed by atoms with E-state index in [9.17, 15) is 26.8 Å². The van der Waals surface area contributed by atoms with Crippen molar-refractivity contribution in [3.63, 3.8) is 0 Å². The third-order valence-electron chi connectivity index (χ3n) is 5.89. The number of piperidine rings is 1. The molecule has 0 aliphatic carbocycles. The molecule has 0 spiro atoms. The lowest BCUT2D eigenvalue weighted by molar-refractivity contribution is -0.140. The van der Waals surface area contributed by atoms with Crippen LogP contribution in [-0.4, -0.2) is 62.7 Å². The summed E-state index contributed by atoms with van der Waals surface area (Å²) in [6, 6.07) is 8.95. The minimum Gasteiger partial charge on any atom is -0.481 e. The SMILES string of the molecule is CC#CCOc1ccc(S(=O)(=O)CC2(C(=O)NO)CCN(S(=O)(=O)Cc3ccncc3)CC2)cc1. The Morgan fingerprint density at radius 1 is 1.11 bits per heavy atom. The van der Waals surface area contributed by atoms with Crippen LogP contribution in [0.25, 0.3) is 0 Å². The van der Waals surface area contributed by atoms with Crippen LogP contribution in [0.15, 0.2) is 53.7 Å². The Morgan fingerprint density at radius 2 is 1.74 bits per heavy atom. The minimum absolute atomic E-state index is 0.00993. The number of nitrogens with one attached hydrogen (secondary N) is 1. The molecule has 0 atom stereocenters. The minimum atomic E-state index is -3.95. The number of hydrogen-bond acceptors (Lipinski definition) is 8. The van der Waals surface area contributed by atoms with Gasteiger partial charge in [-0.25, -0.2) is 26.6 Å². The topological polar surface area (TPSA) is 143 Å². The van der Waals surface area contributed by atoms with Gasteiger partial charge in [-0.2, -0.15) is 0 Å². The van der Waals surface area contributed by atoms with Gasteiger partial charge in [-0.15, -0.1) is 5.92 Å². The first-order chi connectivity index (χ1) is 16.6. The van der Waals surface area contributed by atoms with Crippen LogP contribution in [0.4, 0.5) is 0 Å². The number of hydroxylamine groups is 1. The Hall–Kier alpha value is -2.98. The van der Waals surface area contributed by atoms with E-state index in [0.717, 1.165) is 0 Å². The number of benzene rings is 1. The highest BCUT2D eigenvalue weighted by Crippen LogP contribution is 2.36. The highest BCUT2D eigenvalue weighted by atomic mass is 32.2. The molecule has 2 heterocycles. The number of sulfonamides is 1. The molecule has 12 heteroatoms. The maximum atomic E-state index is 13.2. The Bertz CT molecular complexity index is 1290. The standard InChI is InChI=1S/C23H27N3O7S2/c1-2-3-16-33-20-4-6-21(7-5-20)34(29,30)18-23(22(27)25-28)10-14-26(15-11-23)35(31,32)17-19-8-12-24-13-9-19/h4-9,12-13,28H,10-11,14-18H2,1H3,(H,25,27). The van der Waals surface area contributed by atoms with Crippen LogP contribution in [-0.2, 0) is 30.4 Å². The van der Waals surface area contributed by atoms with Gasteiger partial charge in [0.05, 0.1) is 21.8 Å². The van der Waals surface area contributed by atoms with E-state index in [1.54, 1.807) is 24.5 Å². The second kappa shape index (κ2) is 11.2. The van der Waals surface area contributed by atoms with E-state index in [0.29, 0.717) is 11.3 Å². The van der Waals surface area contributed by atoms with Gasteiger partial charge in [-0.05, 0) is 61.7 Å². The molecule has 188 valence electrons. The number of amides is 1. The van der Waals surface area contributed by atoms with Crippen LogP contribution >= 0.6 is 0 Å². The molecule has 1 saturated heterocycles. The van der Waals surface area contributed by atoms with E-state index in [2.05, 4.69) is 16.8 Å². The quantitative estimate of drug-likeness (QED) is 0.286. The molecule has 1 aliphatic rings. The number of rotatable bonds is 9. The van der Waals surface area contributed by atoms with E-state index in [-0.39, 0.29) is 43.2 Å². The number of carbonyl (C=O) groups excluding carboxylic acids is 1. The molecular formula is C23H27N3O7S2. The van der Waals surface area contributed by atoms with Gasteiger partial charge in [0, 0.05) is 25.5 Å². The van der Waals surface area contributed by atoms with Gasteiger partial charge >= 0.3 is 0 Å². The molecule has 2 aromatic rings. The van der Waals surface area contributed by atoms with E-state index in [4.69, 9.17) is 4.74 Å². The summed E-state index contributed by atoms with van der Waals surface area (Å²) in [5, 5.41) is 9.32. The van der Waals surface area contributed by atoms with Crippen molar-refractivity contribution in [1.82, 2.24) is 14.8 Å². The van der Waals surface area contributed by atoms with Gasteiger partial charge in [-0.1, -0.05) is 5.92 Å². The van der Waals surface area contributed by atoms with E-state index in [1.165, 1.54) is 41.0 Å². The summed E-state index contributed by atoms with van der Waals surface area (Å²) in [7, 11) is -7.64. The zero-order chi connectivity index (χ0) is 25.5. The van der Waals surface area contributed by atoms with Crippen molar-refractivity contribution in [2.75, 3.05) is 25.4 Å². The average Bonchev–Trinajstić information content (AvgIpc) is 2.84. The fourth-order valence-electron chi connectivity index (χ4n) is 3.91. The molecule has 1 aliphatic heterocycles. The number of hydrogen-bond donors (Lipinski definition) is 2. The van der Waals surface area contributed by atoms with E-state index < -0.39 is 36.9 Å². The average molecular weight is 522 g/mol. The van der Waals surface area contributed by atoms with Gasteiger partial charge in [0.2, 0.25) is 10.0 Å². The van der Waals surface area contributed by atoms with Crippen LogP contribution in [0.3, 0.4) is 0 Å². The molecule has 1 aromatic carbocycles. The smallest absolute Gasteiger partial charge is 0.250 e. The van der Waals surface area contributed by atoms with Crippen LogP contribution < -0.4 is 10.2 Å². The highest BCUT2D eigenvalue weighted by molar-refractivity contribution is 7.91. The lowest BCUT2D eigenvalue weighted by Crippen LogP contribution is -2.52. The fourth-order valence-corrected chi connectivity index (χ4v) is 7.31. The van der Waals surface area contributed by atoms with Crippen LogP contribution in [0.1, 0.15) is 25.3 Å². The molecule has 1 aromatic heterocycles. The molecule has 35 heavy (non-hydrogen) atoms. The van der Waals surface area contributed by atoms with Crippen molar-refractivity contribution in [3.8, 4) is 17.6 Å². The van der Waals surface area contributed by atoms with Crippen molar-refractivity contribution in [1.29, 1.82) is 0 Å². The van der Waals surface area contributed by atoms with Crippen molar-refractivity contribution in [2.24, 2.45) is 5.41 Å². The third kappa shape index (κ3) is 6.58. The Kier molecular flexibility index (Phi) is 8.50. The van der Waals surface area contributed by atoms with Crippen LogP contribution in [0.5, 0.6) is 5.75 Å². The normalized spacial score (nSPS) is 16.1. The zero-order valence-electron chi connectivity index (χ0n) is 19.2. The summed E-state index contributed by atoms with van der Waals surface area (Å²) in [6.45, 7) is 1.74.